The van der Waals surface area contributed by atoms with Gasteiger partial charge in [0.2, 0.25) is 0 Å². The van der Waals surface area contributed by atoms with E-state index < -0.39 is 0 Å². The molecule has 0 spiro atoms. The fourth-order valence-electron chi connectivity index (χ4n) is 1.48. The van der Waals surface area contributed by atoms with Crippen LogP contribution in [-0.2, 0) is 11.3 Å². The number of methoxy groups -OCH3 is 1. The molecule has 1 aromatic rings. The maximum Gasteiger partial charge on any atom is 0.0499 e. The van der Waals surface area contributed by atoms with Crippen LogP contribution in [0.15, 0.2) is 22.7 Å². The third-order valence-corrected chi connectivity index (χ3v) is 3.13. The SMILES string of the molecule is COCC(C)CNCc1cc(Br)ccc1Cl. The number of hydrogen-bond acceptors (Lipinski definition) is 2. The van der Waals surface area contributed by atoms with Gasteiger partial charge < -0.3 is 10.1 Å². The van der Waals surface area contributed by atoms with Gasteiger partial charge in [-0.05, 0) is 29.7 Å². The standard InChI is InChI=1S/C12H17BrClNO/c1-9(8-16-2)6-15-7-10-5-11(13)3-4-12(10)14/h3-5,9,15H,6-8H2,1-2H3. The Balaban J connectivity index is 2.39. The highest BCUT2D eigenvalue weighted by atomic mass is 79.9. The van der Waals surface area contributed by atoms with E-state index in [4.69, 9.17) is 16.3 Å². The molecule has 1 unspecified atom stereocenters. The third-order valence-electron chi connectivity index (χ3n) is 2.27. The average Bonchev–Trinajstić information content (AvgIpc) is 2.23. The van der Waals surface area contributed by atoms with Crippen molar-refractivity contribution < 1.29 is 4.74 Å². The zero-order valence-electron chi connectivity index (χ0n) is 9.59. The molecule has 0 saturated heterocycles. The van der Waals surface area contributed by atoms with Crippen molar-refractivity contribution in [3.8, 4) is 0 Å². The molecule has 1 rings (SSSR count). The van der Waals surface area contributed by atoms with Gasteiger partial charge in [-0.3, -0.25) is 0 Å². The smallest absolute Gasteiger partial charge is 0.0499 e. The lowest BCUT2D eigenvalue weighted by molar-refractivity contribution is 0.158. The van der Waals surface area contributed by atoms with Gasteiger partial charge in [-0.2, -0.15) is 0 Å². The topological polar surface area (TPSA) is 21.3 Å². The summed E-state index contributed by atoms with van der Waals surface area (Å²) in [7, 11) is 1.72. The first-order chi connectivity index (χ1) is 7.63. The van der Waals surface area contributed by atoms with Crippen molar-refractivity contribution in [2.75, 3.05) is 20.3 Å². The van der Waals surface area contributed by atoms with Gasteiger partial charge in [-0.1, -0.05) is 34.5 Å². The summed E-state index contributed by atoms with van der Waals surface area (Å²) in [5.41, 5.74) is 1.11. The minimum atomic E-state index is 0.510. The largest absolute Gasteiger partial charge is 0.384 e. The zero-order valence-corrected chi connectivity index (χ0v) is 11.9. The predicted molar refractivity (Wildman–Crippen MR) is 71.9 cm³/mol. The first kappa shape index (κ1) is 14.0. The second kappa shape index (κ2) is 7.28. The van der Waals surface area contributed by atoms with Crippen molar-refractivity contribution in [2.24, 2.45) is 5.92 Å². The van der Waals surface area contributed by atoms with Crippen molar-refractivity contribution in [1.82, 2.24) is 5.32 Å². The molecule has 90 valence electrons. The van der Waals surface area contributed by atoms with E-state index in [0.29, 0.717) is 5.92 Å². The predicted octanol–water partition coefficient (Wildman–Crippen LogP) is 3.47. The maximum atomic E-state index is 6.09. The number of hydrogen-bond donors (Lipinski definition) is 1. The molecule has 0 fully saturated rings. The molecule has 16 heavy (non-hydrogen) atoms. The molecule has 4 heteroatoms. The van der Waals surface area contributed by atoms with Gasteiger partial charge in [0.1, 0.15) is 0 Å². The molecule has 1 N–H and O–H groups in total. The summed E-state index contributed by atoms with van der Waals surface area (Å²) in [6.07, 6.45) is 0. The van der Waals surface area contributed by atoms with E-state index in [1.165, 1.54) is 0 Å². The van der Waals surface area contributed by atoms with Crippen LogP contribution in [0, 0.1) is 5.92 Å². The van der Waals surface area contributed by atoms with E-state index in [2.05, 4.69) is 28.2 Å². The Morgan fingerprint density at radius 2 is 2.25 bits per heavy atom. The normalized spacial score (nSPS) is 12.8. The molecule has 0 aliphatic rings. The van der Waals surface area contributed by atoms with Crippen LogP contribution in [0.25, 0.3) is 0 Å². The van der Waals surface area contributed by atoms with Crippen LogP contribution in [0.5, 0.6) is 0 Å². The highest BCUT2D eigenvalue weighted by Gasteiger charge is 2.03. The quantitative estimate of drug-likeness (QED) is 0.869. The molecule has 0 saturated carbocycles. The molecule has 1 aromatic carbocycles. The highest BCUT2D eigenvalue weighted by molar-refractivity contribution is 9.10. The Morgan fingerprint density at radius 1 is 1.50 bits per heavy atom. The molecule has 0 bridgehead atoms. The Hall–Kier alpha value is -0.0900. The van der Waals surface area contributed by atoms with Crippen LogP contribution in [0.4, 0.5) is 0 Å². The second-order valence-corrected chi connectivity index (χ2v) is 5.25. The summed E-state index contributed by atoms with van der Waals surface area (Å²) in [6.45, 7) is 4.64. The Kier molecular flexibility index (Phi) is 6.36. The van der Waals surface area contributed by atoms with Crippen LogP contribution in [0.2, 0.25) is 5.02 Å². The van der Waals surface area contributed by atoms with Crippen molar-refractivity contribution in [3.05, 3.63) is 33.3 Å². The Bertz CT molecular complexity index is 333. The van der Waals surface area contributed by atoms with Gasteiger partial charge in [-0.25, -0.2) is 0 Å². The van der Waals surface area contributed by atoms with Crippen LogP contribution in [-0.4, -0.2) is 20.3 Å². The highest BCUT2D eigenvalue weighted by Crippen LogP contribution is 2.20. The van der Waals surface area contributed by atoms with E-state index in [1.807, 2.05) is 18.2 Å². The first-order valence-electron chi connectivity index (χ1n) is 5.27. The Labute approximate surface area is 110 Å². The van der Waals surface area contributed by atoms with Crippen LogP contribution in [0.1, 0.15) is 12.5 Å². The van der Waals surface area contributed by atoms with Gasteiger partial charge in [0.15, 0.2) is 0 Å². The average molecular weight is 307 g/mol. The van der Waals surface area contributed by atoms with E-state index >= 15 is 0 Å². The van der Waals surface area contributed by atoms with Crippen molar-refractivity contribution in [3.63, 3.8) is 0 Å². The summed E-state index contributed by atoms with van der Waals surface area (Å²) in [5.74, 6) is 0.510. The van der Waals surface area contributed by atoms with Gasteiger partial charge in [0, 0.05) is 36.3 Å². The molecule has 0 aromatic heterocycles. The van der Waals surface area contributed by atoms with E-state index in [-0.39, 0.29) is 0 Å². The molecule has 2 nitrogen and oxygen atoms in total. The summed E-state index contributed by atoms with van der Waals surface area (Å²) < 4.78 is 6.13. The number of rotatable bonds is 6. The number of nitrogens with one attached hydrogen (secondary N) is 1. The molecule has 0 aliphatic carbocycles. The number of halogens is 2. The van der Waals surface area contributed by atoms with Gasteiger partial charge in [0.05, 0.1) is 0 Å². The summed E-state index contributed by atoms with van der Waals surface area (Å²) in [5, 5.41) is 4.17. The van der Waals surface area contributed by atoms with Crippen molar-refractivity contribution in [2.45, 2.75) is 13.5 Å². The number of ether oxygens (including phenoxy) is 1. The van der Waals surface area contributed by atoms with E-state index in [1.54, 1.807) is 7.11 Å². The summed E-state index contributed by atoms with van der Waals surface area (Å²) in [6, 6.07) is 5.89. The lowest BCUT2D eigenvalue weighted by Crippen LogP contribution is -2.23. The molecular weight excluding hydrogens is 289 g/mol. The fourth-order valence-corrected chi connectivity index (χ4v) is 2.07. The van der Waals surface area contributed by atoms with E-state index in [0.717, 1.165) is 34.8 Å². The minimum absolute atomic E-state index is 0.510. The molecule has 0 radical (unpaired) electrons. The first-order valence-corrected chi connectivity index (χ1v) is 6.44. The van der Waals surface area contributed by atoms with Crippen LogP contribution < -0.4 is 5.32 Å². The molecule has 0 aliphatic heterocycles. The molecule has 0 heterocycles. The lowest BCUT2D eigenvalue weighted by atomic mass is 10.2. The van der Waals surface area contributed by atoms with E-state index in [9.17, 15) is 0 Å². The molecule has 0 amide bonds. The minimum Gasteiger partial charge on any atom is -0.384 e. The van der Waals surface area contributed by atoms with Gasteiger partial charge in [-0.15, -0.1) is 0 Å². The van der Waals surface area contributed by atoms with Gasteiger partial charge in [0.25, 0.3) is 0 Å². The van der Waals surface area contributed by atoms with Crippen LogP contribution in [0.3, 0.4) is 0 Å². The fraction of sp³-hybridized carbons (Fsp3) is 0.500. The second-order valence-electron chi connectivity index (χ2n) is 3.93. The van der Waals surface area contributed by atoms with Gasteiger partial charge >= 0.3 is 0 Å². The lowest BCUT2D eigenvalue weighted by Gasteiger charge is -2.12. The summed E-state index contributed by atoms with van der Waals surface area (Å²) >= 11 is 9.52. The molecular formula is C12H17BrClNO. The number of benzene rings is 1. The van der Waals surface area contributed by atoms with Crippen molar-refractivity contribution in [1.29, 1.82) is 0 Å². The third kappa shape index (κ3) is 4.83. The maximum absolute atomic E-state index is 6.09. The monoisotopic (exact) mass is 305 g/mol. The zero-order chi connectivity index (χ0) is 12.0. The van der Waals surface area contributed by atoms with Crippen molar-refractivity contribution >= 4 is 27.5 Å². The molecule has 1 atom stereocenters. The summed E-state index contributed by atoms with van der Waals surface area (Å²) in [4.78, 5) is 0. The van der Waals surface area contributed by atoms with Crippen LogP contribution >= 0.6 is 27.5 Å². The Morgan fingerprint density at radius 3 is 2.94 bits per heavy atom.